The lowest BCUT2D eigenvalue weighted by Crippen LogP contribution is -2.55. The highest BCUT2D eigenvalue weighted by Crippen LogP contribution is 2.43. The number of hydrogen-bond acceptors (Lipinski definition) is 4. The molecule has 2 aliphatic heterocycles. The minimum Gasteiger partial charge on any atom is -0.393 e. The molecular weight excluding hydrogens is 372 g/mol. The number of piperidine rings is 1. The summed E-state index contributed by atoms with van der Waals surface area (Å²) in [5, 5.41) is 12.4. The second-order valence-corrected chi connectivity index (χ2v) is 10.1. The molecule has 28 heavy (non-hydrogen) atoms. The molecule has 4 rings (SSSR count). The van der Waals surface area contributed by atoms with E-state index in [1.54, 1.807) is 0 Å². The molecule has 0 aliphatic carbocycles. The van der Waals surface area contributed by atoms with Gasteiger partial charge in [0, 0.05) is 36.3 Å². The molecule has 2 saturated heterocycles. The van der Waals surface area contributed by atoms with Crippen molar-refractivity contribution in [1.82, 2.24) is 4.98 Å². The lowest BCUT2D eigenvalue weighted by molar-refractivity contribution is -0.199. The van der Waals surface area contributed by atoms with Crippen molar-refractivity contribution in [1.29, 1.82) is 0 Å². The van der Waals surface area contributed by atoms with Crippen molar-refractivity contribution >= 4 is 28.3 Å². The van der Waals surface area contributed by atoms with Gasteiger partial charge in [0.2, 0.25) is 0 Å². The summed E-state index contributed by atoms with van der Waals surface area (Å²) >= 11 is 6.14. The number of aliphatic hydroxyl groups excluding tert-OH is 1. The monoisotopic (exact) mass is 402 g/mol. The summed E-state index contributed by atoms with van der Waals surface area (Å²) in [6.07, 6.45) is 3.18. The van der Waals surface area contributed by atoms with Crippen molar-refractivity contribution in [3.63, 3.8) is 0 Å². The van der Waals surface area contributed by atoms with E-state index >= 15 is 0 Å². The fourth-order valence-electron chi connectivity index (χ4n) is 4.66. The van der Waals surface area contributed by atoms with Gasteiger partial charge in [-0.05, 0) is 55.0 Å². The predicted octanol–water partition coefficient (Wildman–Crippen LogP) is 5.12. The Balaban J connectivity index is 1.52. The topological polar surface area (TPSA) is 45.6 Å². The average molecular weight is 403 g/mol. The second-order valence-electron chi connectivity index (χ2n) is 9.70. The van der Waals surface area contributed by atoms with E-state index in [1.807, 2.05) is 18.2 Å². The summed E-state index contributed by atoms with van der Waals surface area (Å²) in [6.45, 7) is 10.5. The summed E-state index contributed by atoms with van der Waals surface area (Å²) in [5.74, 6) is 1.02. The Morgan fingerprint density at radius 2 is 1.93 bits per heavy atom. The Morgan fingerprint density at radius 3 is 2.61 bits per heavy atom. The Morgan fingerprint density at radius 1 is 1.21 bits per heavy atom. The number of halogens is 1. The van der Waals surface area contributed by atoms with Gasteiger partial charge in [0.25, 0.3) is 0 Å². The molecule has 5 heteroatoms. The van der Waals surface area contributed by atoms with Gasteiger partial charge in [-0.1, -0.05) is 32.4 Å². The SMILES string of the molecule is Cc1cc(N2CCC3(CC2)C[C@H](O)C[C@H](C(C)(C)C)O3)nc2ccc(Cl)cc12. The highest BCUT2D eigenvalue weighted by Gasteiger charge is 2.46. The van der Waals surface area contributed by atoms with Crippen LogP contribution in [0.25, 0.3) is 10.9 Å². The molecule has 2 atom stereocenters. The molecule has 3 heterocycles. The number of nitrogens with zero attached hydrogens (tertiary/aromatic N) is 2. The minimum absolute atomic E-state index is 0.0455. The van der Waals surface area contributed by atoms with Crippen molar-refractivity contribution in [2.45, 2.75) is 71.2 Å². The first kappa shape index (κ1) is 19.9. The molecule has 1 spiro atoms. The van der Waals surface area contributed by atoms with Crippen molar-refractivity contribution in [2.24, 2.45) is 5.41 Å². The summed E-state index contributed by atoms with van der Waals surface area (Å²) in [6, 6.07) is 8.03. The van der Waals surface area contributed by atoms with Crippen molar-refractivity contribution in [3.8, 4) is 0 Å². The van der Waals surface area contributed by atoms with E-state index in [4.69, 9.17) is 21.3 Å². The Kier molecular flexibility index (Phi) is 5.09. The maximum Gasteiger partial charge on any atom is 0.129 e. The standard InChI is InChI=1S/C23H31ClN2O2/c1-15-11-21(25-19-6-5-16(24)12-18(15)19)26-9-7-23(8-10-26)14-17(27)13-20(28-23)22(2,3)4/h5-6,11-12,17,20,27H,7-10,13-14H2,1-4H3/t17-,20-/m1/s1. The van der Waals surface area contributed by atoms with Gasteiger partial charge < -0.3 is 14.7 Å². The molecule has 2 aromatic rings. The molecule has 2 aliphatic rings. The number of pyridine rings is 1. The second kappa shape index (κ2) is 7.16. The van der Waals surface area contributed by atoms with Gasteiger partial charge in [-0.15, -0.1) is 0 Å². The zero-order chi connectivity index (χ0) is 20.1. The zero-order valence-corrected chi connectivity index (χ0v) is 18.1. The fourth-order valence-corrected chi connectivity index (χ4v) is 4.84. The van der Waals surface area contributed by atoms with E-state index in [-0.39, 0.29) is 23.2 Å². The van der Waals surface area contributed by atoms with Crippen LogP contribution in [0.5, 0.6) is 0 Å². The molecule has 1 aromatic heterocycles. The summed E-state index contributed by atoms with van der Waals surface area (Å²) < 4.78 is 6.62. The van der Waals surface area contributed by atoms with E-state index < -0.39 is 0 Å². The largest absolute Gasteiger partial charge is 0.393 e. The lowest BCUT2D eigenvalue weighted by atomic mass is 9.76. The third-order valence-corrected chi connectivity index (χ3v) is 6.65. The third kappa shape index (κ3) is 3.87. The van der Waals surface area contributed by atoms with E-state index in [9.17, 15) is 5.11 Å². The van der Waals surface area contributed by atoms with Gasteiger partial charge in [0.05, 0.1) is 23.3 Å². The summed E-state index contributed by atoms with van der Waals surface area (Å²) in [5.41, 5.74) is 2.02. The number of anilines is 1. The predicted molar refractivity (Wildman–Crippen MR) is 115 cm³/mol. The fraction of sp³-hybridized carbons (Fsp3) is 0.609. The summed E-state index contributed by atoms with van der Waals surface area (Å²) in [4.78, 5) is 7.23. The van der Waals surface area contributed by atoms with Crippen LogP contribution in [0.15, 0.2) is 24.3 Å². The van der Waals surface area contributed by atoms with Crippen LogP contribution in [-0.4, -0.2) is 41.0 Å². The Labute approximate surface area is 172 Å². The van der Waals surface area contributed by atoms with Gasteiger partial charge in [-0.2, -0.15) is 0 Å². The number of rotatable bonds is 1. The van der Waals surface area contributed by atoms with Gasteiger partial charge in [0.1, 0.15) is 5.82 Å². The number of aliphatic hydroxyl groups is 1. The number of aromatic nitrogens is 1. The highest BCUT2D eigenvalue weighted by atomic mass is 35.5. The summed E-state index contributed by atoms with van der Waals surface area (Å²) in [7, 11) is 0. The van der Waals surface area contributed by atoms with Gasteiger partial charge >= 0.3 is 0 Å². The van der Waals surface area contributed by atoms with Crippen LogP contribution in [0, 0.1) is 12.3 Å². The number of fused-ring (bicyclic) bond motifs is 1. The molecule has 0 amide bonds. The van der Waals surface area contributed by atoms with Crippen LogP contribution >= 0.6 is 11.6 Å². The van der Waals surface area contributed by atoms with Crippen molar-refractivity contribution < 1.29 is 9.84 Å². The third-order valence-electron chi connectivity index (χ3n) is 6.41. The van der Waals surface area contributed by atoms with Gasteiger partial charge in [0.15, 0.2) is 0 Å². The lowest BCUT2D eigenvalue weighted by Gasteiger charge is -2.51. The number of benzene rings is 1. The maximum absolute atomic E-state index is 10.5. The van der Waals surface area contributed by atoms with E-state index in [0.29, 0.717) is 0 Å². The van der Waals surface area contributed by atoms with Crippen LogP contribution in [-0.2, 0) is 4.74 Å². The van der Waals surface area contributed by atoms with Gasteiger partial charge in [-0.25, -0.2) is 4.98 Å². The normalized spacial score (nSPS) is 25.4. The van der Waals surface area contributed by atoms with Crippen molar-refractivity contribution in [3.05, 3.63) is 34.9 Å². The van der Waals surface area contributed by atoms with Crippen LogP contribution in [0.2, 0.25) is 5.02 Å². The Bertz CT molecular complexity index is 869. The molecule has 1 aromatic carbocycles. The molecule has 0 saturated carbocycles. The zero-order valence-electron chi connectivity index (χ0n) is 17.3. The molecule has 0 radical (unpaired) electrons. The Hall–Kier alpha value is -1.36. The van der Waals surface area contributed by atoms with Crippen LogP contribution in [0.3, 0.4) is 0 Å². The van der Waals surface area contributed by atoms with Crippen molar-refractivity contribution in [2.75, 3.05) is 18.0 Å². The van der Waals surface area contributed by atoms with Crippen LogP contribution in [0.1, 0.15) is 52.0 Å². The average Bonchev–Trinajstić information content (AvgIpc) is 2.61. The van der Waals surface area contributed by atoms with Gasteiger partial charge in [-0.3, -0.25) is 0 Å². The molecule has 1 N–H and O–H groups in total. The van der Waals surface area contributed by atoms with Crippen LogP contribution < -0.4 is 4.90 Å². The molecule has 2 fully saturated rings. The molecule has 4 nitrogen and oxygen atoms in total. The molecule has 0 unspecified atom stereocenters. The molecule has 0 bridgehead atoms. The minimum atomic E-state index is -0.268. The first-order valence-electron chi connectivity index (χ1n) is 10.3. The van der Waals surface area contributed by atoms with E-state index in [0.717, 1.165) is 60.5 Å². The quantitative estimate of drug-likeness (QED) is 0.718. The first-order valence-corrected chi connectivity index (χ1v) is 10.7. The number of aryl methyl sites for hydroxylation is 1. The number of ether oxygens (including phenoxy) is 1. The van der Waals surface area contributed by atoms with Crippen LogP contribution in [0.4, 0.5) is 5.82 Å². The van der Waals surface area contributed by atoms with E-state index in [1.165, 1.54) is 5.56 Å². The maximum atomic E-state index is 10.5. The highest BCUT2D eigenvalue weighted by molar-refractivity contribution is 6.31. The number of hydrogen-bond donors (Lipinski definition) is 1. The smallest absolute Gasteiger partial charge is 0.129 e. The molecule has 152 valence electrons. The van der Waals surface area contributed by atoms with E-state index in [2.05, 4.69) is 38.7 Å². The molecular formula is C23H31ClN2O2. The first-order chi connectivity index (χ1) is 13.2.